The van der Waals surface area contributed by atoms with Crippen LogP contribution in [0.5, 0.6) is 0 Å². The first kappa shape index (κ1) is 8.31. The molecule has 4 aliphatic rings. The van der Waals surface area contributed by atoms with E-state index in [0.29, 0.717) is 5.54 Å². The molecule has 1 radical (unpaired) electrons. The van der Waals surface area contributed by atoms with Gasteiger partial charge in [-0.05, 0) is 56.3 Å². The zero-order valence-electron chi connectivity index (χ0n) is 8.89. The van der Waals surface area contributed by atoms with E-state index in [4.69, 9.17) is 0 Å². The van der Waals surface area contributed by atoms with Gasteiger partial charge in [0, 0.05) is 0 Å². The summed E-state index contributed by atoms with van der Waals surface area (Å²) in [5.41, 5.74) is 0.335. The van der Waals surface area contributed by atoms with E-state index in [2.05, 4.69) is 21.2 Å². The third-order valence-electron chi connectivity index (χ3n) is 4.87. The highest BCUT2D eigenvalue weighted by molar-refractivity contribution is 5.04. The molecule has 79 valence electrons. The lowest BCUT2D eigenvalue weighted by Crippen LogP contribution is -2.52. The zero-order chi connectivity index (χ0) is 9.88. The third kappa shape index (κ3) is 1.06. The quantitative estimate of drug-likeness (QED) is 0.697. The molecule has 0 amide bonds. The van der Waals surface area contributed by atoms with Crippen molar-refractivity contribution in [3.8, 4) is 0 Å². The molecule has 0 saturated heterocycles. The molecule has 4 aliphatic carbocycles. The highest BCUT2D eigenvalue weighted by atomic mass is 15.4. The molecular weight excluding hydrogens is 186 g/mol. The highest BCUT2D eigenvalue weighted by Gasteiger charge is 2.52. The lowest BCUT2D eigenvalue weighted by molar-refractivity contribution is -0.0502. The van der Waals surface area contributed by atoms with Crippen LogP contribution in [0.2, 0.25) is 0 Å². The molecule has 1 aromatic rings. The fraction of sp³-hybridized carbons (Fsp3) is 0.833. The van der Waals surface area contributed by atoms with Crippen molar-refractivity contribution >= 4 is 0 Å². The van der Waals surface area contributed by atoms with Crippen molar-refractivity contribution in [2.75, 3.05) is 0 Å². The molecule has 0 N–H and O–H groups in total. The van der Waals surface area contributed by atoms with Crippen LogP contribution in [0, 0.1) is 24.0 Å². The van der Waals surface area contributed by atoms with Gasteiger partial charge in [-0.2, -0.15) is 0 Å². The van der Waals surface area contributed by atoms with E-state index in [1.165, 1.54) is 38.5 Å². The van der Waals surface area contributed by atoms with Crippen LogP contribution >= 0.6 is 0 Å². The van der Waals surface area contributed by atoms with Crippen molar-refractivity contribution in [1.29, 1.82) is 0 Å². The molecular formula is C12H16N3. The molecule has 0 unspecified atom stereocenters. The Kier molecular flexibility index (Phi) is 1.46. The number of hydrogen-bond donors (Lipinski definition) is 0. The van der Waals surface area contributed by atoms with Crippen LogP contribution in [0.15, 0.2) is 6.20 Å². The van der Waals surface area contributed by atoms with Crippen LogP contribution in [0.4, 0.5) is 0 Å². The summed E-state index contributed by atoms with van der Waals surface area (Å²) >= 11 is 0. The van der Waals surface area contributed by atoms with Crippen LogP contribution < -0.4 is 0 Å². The van der Waals surface area contributed by atoms with Crippen LogP contribution in [0.25, 0.3) is 0 Å². The van der Waals surface area contributed by atoms with Crippen molar-refractivity contribution in [3.05, 3.63) is 12.4 Å². The van der Waals surface area contributed by atoms with Crippen LogP contribution in [0.3, 0.4) is 0 Å². The fourth-order valence-corrected chi connectivity index (χ4v) is 4.76. The van der Waals surface area contributed by atoms with Crippen molar-refractivity contribution in [3.63, 3.8) is 0 Å². The second-order valence-electron chi connectivity index (χ2n) is 5.93. The molecule has 1 aromatic heterocycles. The minimum atomic E-state index is 0.335. The van der Waals surface area contributed by atoms with Gasteiger partial charge in [-0.25, -0.2) is 4.68 Å². The predicted molar refractivity (Wildman–Crippen MR) is 55.0 cm³/mol. The summed E-state index contributed by atoms with van der Waals surface area (Å²) in [5.74, 6) is 2.92. The fourth-order valence-electron chi connectivity index (χ4n) is 4.76. The normalized spacial score (nSPS) is 47.3. The van der Waals surface area contributed by atoms with Gasteiger partial charge in [0.05, 0.1) is 11.7 Å². The van der Waals surface area contributed by atoms with Gasteiger partial charge in [-0.1, -0.05) is 5.21 Å². The van der Waals surface area contributed by atoms with Gasteiger partial charge >= 0.3 is 0 Å². The topological polar surface area (TPSA) is 30.7 Å². The van der Waals surface area contributed by atoms with E-state index in [9.17, 15) is 0 Å². The lowest BCUT2D eigenvalue weighted by atomic mass is 9.53. The molecule has 4 fully saturated rings. The van der Waals surface area contributed by atoms with Crippen molar-refractivity contribution < 1.29 is 0 Å². The molecule has 1 heterocycles. The van der Waals surface area contributed by atoms with E-state index >= 15 is 0 Å². The Labute approximate surface area is 89.9 Å². The van der Waals surface area contributed by atoms with Gasteiger partial charge in [-0.15, -0.1) is 5.10 Å². The summed E-state index contributed by atoms with van der Waals surface area (Å²) in [6.07, 6.45) is 13.3. The third-order valence-corrected chi connectivity index (χ3v) is 4.87. The Hall–Kier alpha value is -0.860. The molecule has 5 rings (SSSR count). The molecule has 3 heteroatoms. The number of hydrogen-bond acceptors (Lipinski definition) is 2. The highest BCUT2D eigenvalue weighted by Crippen LogP contribution is 2.58. The first-order valence-electron chi connectivity index (χ1n) is 6.13. The smallest absolute Gasteiger partial charge is 0.134 e. The Morgan fingerprint density at radius 2 is 1.67 bits per heavy atom. The van der Waals surface area contributed by atoms with E-state index in [0.717, 1.165) is 17.8 Å². The molecule has 4 saturated carbocycles. The molecule has 3 nitrogen and oxygen atoms in total. The van der Waals surface area contributed by atoms with Crippen LogP contribution in [-0.4, -0.2) is 15.0 Å². The summed E-state index contributed by atoms with van der Waals surface area (Å²) in [7, 11) is 0. The number of nitrogens with zero attached hydrogens (tertiary/aromatic N) is 3. The van der Waals surface area contributed by atoms with Gasteiger partial charge in [0.1, 0.15) is 6.20 Å². The number of aromatic nitrogens is 3. The van der Waals surface area contributed by atoms with Crippen molar-refractivity contribution in [2.24, 2.45) is 17.8 Å². The second kappa shape index (κ2) is 2.63. The lowest BCUT2D eigenvalue weighted by Gasteiger charge is -2.56. The maximum atomic E-state index is 4.22. The standard InChI is InChI=1S/C12H16N3/c1-2-15(14-13-1)12-6-9-3-10(7-12)5-11(4-9)8-12/h2,9-11H,3-8H2. The SMILES string of the molecule is [c]1cn(C23CC4CC(CC(C4)C2)C3)nn1. The van der Waals surface area contributed by atoms with Crippen molar-refractivity contribution in [2.45, 2.75) is 44.1 Å². The molecule has 0 atom stereocenters. The molecule has 0 aliphatic heterocycles. The van der Waals surface area contributed by atoms with E-state index in [1.54, 1.807) is 0 Å². The maximum absolute atomic E-state index is 4.22. The van der Waals surface area contributed by atoms with Gasteiger partial charge in [0.15, 0.2) is 0 Å². The summed E-state index contributed by atoms with van der Waals surface area (Å²) in [6.45, 7) is 0. The summed E-state index contributed by atoms with van der Waals surface area (Å²) in [6, 6.07) is 0. The van der Waals surface area contributed by atoms with E-state index in [-0.39, 0.29) is 0 Å². The van der Waals surface area contributed by atoms with Crippen molar-refractivity contribution in [1.82, 2.24) is 15.0 Å². The summed E-state index contributed by atoms with van der Waals surface area (Å²) in [4.78, 5) is 0. The molecule has 15 heavy (non-hydrogen) atoms. The largest absolute Gasteiger partial charge is 0.246 e. The average molecular weight is 202 g/mol. The summed E-state index contributed by atoms with van der Waals surface area (Å²) < 4.78 is 2.12. The first-order chi connectivity index (χ1) is 7.34. The maximum Gasteiger partial charge on any atom is 0.134 e. The summed E-state index contributed by atoms with van der Waals surface area (Å²) in [5, 5.41) is 8.08. The predicted octanol–water partition coefficient (Wildman–Crippen LogP) is 2.00. The van der Waals surface area contributed by atoms with Gasteiger partial charge in [-0.3, -0.25) is 0 Å². The van der Waals surface area contributed by atoms with E-state index < -0.39 is 0 Å². The minimum Gasteiger partial charge on any atom is -0.246 e. The van der Waals surface area contributed by atoms with Crippen LogP contribution in [-0.2, 0) is 5.54 Å². The molecule has 4 bridgehead atoms. The van der Waals surface area contributed by atoms with Crippen LogP contribution in [0.1, 0.15) is 38.5 Å². The monoisotopic (exact) mass is 202 g/mol. The second-order valence-corrected chi connectivity index (χ2v) is 5.93. The average Bonchev–Trinajstić information content (AvgIpc) is 2.67. The minimum absolute atomic E-state index is 0.335. The van der Waals surface area contributed by atoms with Gasteiger partial charge < -0.3 is 0 Å². The Morgan fingerprint density at radius 1 is 1.07 bits per heavy atom. The van der Waals surface area contributed by atoms with Gasteiger partial charge in [0.25, 0.3) is 0 Å². The Bertz CT molecular complexity index is 333. The number of rotatable bonds is 1. The molecule has 0 aromatic carbocycles. The zero-order valence-corrected chi connectivity index (χ0v) is 8.89. The first-order valence-corrected chi connectivity index (χ1v) is 6.13. The Morgan fingerprint density at radius 3 is 2.13 bits per heavy atom. The van der Waals surface area contributed by atoms with E-state index in [1.807, 2.05) is 6.20 Å². The Balaban J connectivity index is 1.77. The van der Waals surface area contributed by atoms with Gasteiger partial charge in [0.2, 0.25) is 0 Å². The molecule has 0 spiro atoms.